The van der Waals surface area contributed by atoms with E-state index in [2.05, 4.69) is 27.4 Å². The fourth-order valence-corrected chi connectivity index (χ4v) is 1.76. The quantitative estimate of drug-likeness (QED) is 0.487. The molecule has 0 aromatic carbocycles. The standard InChI is InChI=1S/C10H16O/c1-7-8(10(2,3)4)5-6-9(7)11/h8H,1,5-6H2,2-4H3. The maximum absolute atomic E-state index is 11.1. The summed E-state index contributed by atoms with van der Waals surface area (Å²) in [5.41, 5.74) is 1.06. The first-order valence-electron chi connectivity index (χ1n) is 4.15. The van der Waals surface area contributed by atoms with Crippen molar-refractivity contribution >= 4 is 5.78 Å². The molecule has 1 nitrogen and oxygen atoms in total. The Kier molecular flexibility index (Phi) is 1.91. The average molecular weight is 152 g/mol. The molecule has 0 N–H and O–H groups in total. The molecule has 0 spiro atoms. The van der Waals surface area contributed by atoms with E-state index < -0.39 is 0 Å². The Labute approximate surface area is 68.5 Å². The first kappa shape index (κ1) is 8.51. The summed E-state index contributed by atoms with van der Waals surface area (Å²) < 4.78 is 0. The summed E-state index contributed by atoms with van der Waals surface area (Å²) in [6, 6.07) is 0. The second-order valence-electron chi connectivity index (χ2n) is 4.41. The fraction of sp³-hybridized carbons (Fsp3) is 0.700. The van der Waals surface area contributed by atoms with Crippen molar-refractivity contribution in [2.24, 2.45) is 11.3 Å². The van der Waals surface area contributed by atoms with Gasteiger partial charge >= 0.3 is 0 Å². The van der Waals surface area contributed by atoms with Crippen molar-refractivity contribution in [2.45, 2.75) is 33.6 Å². The van der Waals surface area contributed by atoms with Gasteiger partial charge in [0.2, 0.25) is 0 Å². The number of hydrogen-bond donors (Lipinski definition) is 0. The van der Waals surface area contributed by atoms with E-state index in [9.17, 15) is 4.79 Å². The van der Waals surface area contributed by atoms with E-state index in [1.54, 1.807) is 0 Å². The van der Waals surface area contributed by atoms with Gasteiger partial charge in [-0.15, -0.1) is 0 Å². The SMILES string of the molecule is C=C1C(=O)CCC1C(C)(C)C. The third-order valence-electron chi connectivity index (χ3n) is 2.48. The molecule has 1 aliphatic carbocycles. The van der Waals surface area contributed by atoms with Gasteiger partial charge in [0.05, 0.1) is 0 Å². The zero-order valence-electron chi connectivity index (χ0n) is 7.61. The van der Waals surface area contributed by atoms with Gasteiger partial charge in [-0.2, -0.15) is 0 Å². The average Bonchev–Trinajstić information content (AvgIpc) is 2.11. The predicted octanol–water partition coefficient (Wildman–Crippen LogP) is 2.57. The normalized spacial score (nSPS) is 26.3. The Morgan fingerprint density at radius 3 is 2.18 bits per heavy atom. The highest BCUT2D eigenvalue weighted by Gasteiger charge is 2.34. The molecule has 1 rings (SSSR count). The summed E-state index contributed by atoms with van der Waals surface area (Å²) in [4.78, 5) is 11.1. The zero-order valence-corrected chi connectivity index (χ0v) is 7.61. The van der Waals surface area contributed by atoms with Crippen molar-refractivity contribution < 1.29 is 4.79 Å². The van der Waals surface area contributed by atoms with Crippen LogP contribution in [-0.2, 0) is 4.79 Å². The summed E-state index contributed by atoms with van der Waals surface area (Å²) in [5.74, 6) is 0.680. The Bertz CT molecular complexity index is 195. The van der Waals surface area contributed by atoms with Crippen molar-refractivity contribution in [3.63, 3.8) is 0 Å². The van der Waals surface area contributed by atoms with E-state index in [0.717, 1.165) is 12.0 Å². The molecule has 0 amide bonds. The summed E-state index contributed by atoms with van der Waals surface area (Å²) in [6.07, 6.45) is 1.71. The minimum atomic E-state index is 0.212. The molecule has 1 aliphatic rings. The van der Waals surface area contributed by atoms with Crippen LogP contribution in [0.4, 0.5) is 0 Å². The van der Waals surface area contributed by atoms with Crippen LogP contribution in [-0.4, -0.2) is 5.78 Å². The van der Waals surface area contributed by atoms with Gasteiger partial charge in [0.1, 0.15) is 0 Å². The van der Waals surface area contributed by atoms with Crippen molar-refractivity contribution in [1.82, 2.24) is 0 Å². The predicted molar refractivity (Wildman–Crippen MR) is 46.3 cm³/mol. The molecule has 0 saturated heterocycles. The van der Waals surface area contributed by atoms with Crippen LogP contribution in [0, 0.1) is 11.3 Å². The lowest BCUT2D eigenvalue weighted by molar-refractivity contribution is -0.114. The number of carbonyl (C=O) groups excluding carboxylic acids is 1. The number of Topliss-reactive ketones (excluding diaryl/α,β-unsaturated/α-hetero) is 1. The van der Waals surface area contributed by atoms with Crippen LogP contribution >= 0.6 is 0 Å². The first-order valence-corrected chi connectivity index (χ1v) is 4.15. The summed E-state index contributed by atoms with van der Waals surface area (Å²) in [5, 5.41) is 0. The Balaban J connectivity index is 2.78. The second kappa shape index (κ2) is 2.47. The third-order valence-corrected chi connectivity index (χ3v) is 2.48. The maximum atomic E-state index is 11.1. The molecule has 1 saturated carbocycles. The molecule has 0 aliphatic heterocycles. The van der Waals surface area contributed by atoms with Crippen LogP contribution in [0.5, 0.6) is 0 Å². The molecule has 1 heteroatoms. The smallest absolute Gasteiger partial charge is 0.158 e. The number of rotatable bonds is 0. The van der Waals surface area contributed by atoms with Gasteiger partial charge in [-0.05, 0) is 23.3 Å². The Hall–Kier alpha value is -0.590. The molecule has 11 heavy (non-hydrogen) atoms. The number of hydrogen-bond acceptors (Lipinski definition) is 1. The van der Waals surface area contributed by atoms with E-state index in [0.29, 0.717) is 12.3 Å². The van der Waals surface area contributed by atoms with Crippen LogP contribution < -0.4 is 0 Å². The van der Waals surface area contributed by atoms with Gasteiger partial charge in [0, 0.05) is 6.42 Å². The molecule has 0 bridgehead atoms. The topological polar surface area (TPSA) is 17.1 Å². The monoisotopic (exact) mass is 152 g/mol. The Morgan fingerprint density at radius 2 is 2.00 bits per heavy atom. The lowest BCUT2D eigenvalue weighted by Gasteiger charge is -2.26. The largest absolute Gasteiger partial charge is 0.295 e. The molecule has 0 aromatic rings. The second-order valence-corrected chi connectivity index (χ2v) is 4.41. The molecule has 0 aromatic heterocycles. The van der Waals surface area contributed by atoms with Gasteiger partial charge in [0.15, 0.2) is 5.78 Å². The summed E-state index contributed by atoms with van der Waals surface area (Å²) in [6.45, 7) is 10.3. The van der Waals surface area contributed by atoms with Gasteiger partial charge < -0.3 is 0 Å². The van der Waals surface area contributed by atoms with Gasteiger partial charge in [-0.3, -0.25) is 4.79 Å². The van der Waals surface area contributed by atoms with Crippen LogP contribution in [0.1, 0.15) is 33.6 Å². The number of allylic oxidation sites excluding steroid dienone is 1. The summed E-state index contributed by atoms with van der Waals surface area (Å²) >= 11 is 0. The minimum Gasteiger partial charge on any atom is -0.295 e. The molecule has 1 atom stereocenters. The van der Waals surface area contributed by atoms with Crippen LogP contribution in [0.15, 0.2) is 12.2 Å². The van der Waals surface area contributed by atoms with Gasteiger partial charge in [-0.1, -0.05) is 27.4 Å². The molecule has 62 valence electrons. The minimum absolute atomic E-state index is 0.212. The number of carbonyl (C=O) groups is 1. The number of ketones is 1. The Morgan fingerprint density at radius 1 is 1.45 bits per heavy atom. The van der Waals surface area contributed by atoms with Crippen molar-refractivity contribution in [3.8, 4) is 0 Å². The van der Waals surface area contributed by atoms with E-state index in [1.807, 2.05) is 0 Å². The lowest BCUT2D eigenvalue weighted by atomic mass is 9.78. The molecule has 0 radical (unpaired) electrons. The van der Waals surface area contributed by atoms with Crippen molar-refractivity contribution in [3.05, 3.63) is 12.2 Å². The van der Waals surface area contributed by atoms with E-state index >= 15 is 0 Å². The lowest BCUT2D eigenvalue weighted by Crippen LogP contribution is -2.19. The molecular weight excluding hydrogens is 136 g/mol. The molecule has 1 fully saturated rings. The van der Waals surface area contributed by atoms with Crippen molar-refractivity contribution in [2.75, 3.05) is 0 Å². The van der Waals surface area contributed by atoms with Gasteiger partial charge in [0.25, 0.3) is 0 Å². The fourth-order valence-electron chi connectivity index (χ4n) is 1.76. The van der Waals surface area contributed by atoms with Crippen molar-refractivity contribution in [1.29, 1.82) is 0 Å². The summed E-state index contributed by atoms with van der Waals surface area (Å²) in [7, 11) is 0. The third kappa shape index (κ3) is 1.52. The van der Waals surface area contributed by atoms with E-state index in [-0.39, 0.29) is 11.2 Å². The highest BCUT2D eigenvalue weighted by Crippen LogP contribution is 2.40. The highest BCUT2D eigenvalue weighted by atomic mass is 16.1. The van der Waals surface area contributed by atoms with Gasteiger partial charge in [-0.25, -0.2) is 0 Å². The molecule has 1 unspecified atom stereocenters. The molecule has 0 heterocycles. The van der Waals surface area contributed by atoms with Crippen LogP contribution in [0.3, 0.4) is 0 Å². The van der Waals surface area contributed by atoms with Crippen LogP contribution in [0.2, 0.25) is 0 Å². The first-order chi connectivity index (χ1) is 4.93. The van der Waals surface area contributed by atoms with E-state index in [4.69, 9.17) is 0 Å². The van der Waals surface area contributed by atoms with E-state index in [1.165, 1.54) is 0 Å². The highest BCUT2D eigenvalue weighted by molar-refractivity contribution is 5.97. The van der Waals surface area contributed by atoms with Crippen LogP contribution in [0.25, 0.3) is 0 Å². The maximum Gasteiger partial charge on any atom is 0.158 e. The molecular formula is C10H16O. The zero-order chi connectivity index (χ0) is 8.65.